The van der Waals surface area contributed by atoms with E-state index in [0.29, 0.717) is 4.31 Å². The average Bonchev–Trinajstić information content (AvgIpc) is 2.69. The number of benzene rings is 3. The molecule has 9 nitrogen and oxygen atoms in total. The SMILES string of the molecule is CN(C)S(=O)(=O)c1cccc2c(N(CP(=O)(O)O)S(=O)(=O)c3cc(Cl)cc(Cl)c3)cccc12. The first-order chi connectivity index (χ1) is 15.1. The van der Waals surface area contributed by atoms with Crippen LogP contribution >= 0.6 is 30.8 Å². The largest absolute Gasteiger partial charge is 0.345 e. The molecule has 0 aromatic heterocycles. The van der Waals surface area contributed by atoms with Gasteiger partial charge in [0.05, 0.1) is 15.5 Å². The highest BCUT2D eigenvalue weighted by atomic mass is 35.5. The zero-order chi connectivity index (χ0) is 24.8. The Morgan fingerprint density at radius 3 is 1.94 bits per heavy atom. The van der Waals surface area contributed by atoms with E-state index in [1.54, 1.807) is 0 Å². The predicted octanol–water partition coefficient (Wildman–Crippen LogP) is 3.73. The van der Waals surface area contributed by atoms with Crippen molar-refractivity contribution < 1.29 is 31.2 Å². The van der Waals surface area contributed by atoms with Gasteiger partial charge >= 0.3 is 7.60 Å². The molecule has 0 spiro atoms. The molecule has 14 heteroatoms. The molecular weight excluding hydrogens is 534 g/mol. The Labute approximate surface area is 201 Å². The Bertz CT molecular complexity index is 1470. The zero-order valence-electron chi connectivity index (χ0n) is 17.3. The lowest BCUT2D eigenvalue weighted by Crippen LogP contribution is -2.32. The second-order valence-corrected chi connectivity index (χ2v) is 13.6. The van der Waals surface area contributed by atoms with Crippen molar-refractivity contribution in [2.45, 2.75) is 9.79 Å². The summed E-state index contributed by atoms with van der Waals surface area (Å²) in [6, 6.07) is 12.0. The van der Waals surface area contributed by atoms with Gasteiger partial charge in [0.2, 0.25) is 10.0 Å². The molecule has 0 saturated carbocycles. The Kier molecular flexibility index (Phi) is 7.20. The minimum Gasteiger partial charge on any atom is -0.323 e. The Hall–Kier alpha value is -1.69. The zero-order valence-corrected chi connectivity index (χ0v) is 21.3. The summed E-state index contributed by atoms with van der Waals surface area (Å²) in [5.74, 6) is 0. The van der Waals surface area contributed by atoms with Crippen molar-refractivity contribution in [2.24, 2.45) is 0 Å². The molecule has 0 atom stereocenters. The van der Waals surface area contributed by atoms with Crippen LogP contribution in [0.5, 0.6) is 0 Å². The molecule has 0 saturated heterocycles. The summed E-state index contributed by atoms with van der Waals surface area (Å²) in [6.07, 6.45) is -1.19. The summed E-state index contributed by atoms with van der Waals surface area (Å²) in [5.41, 5.74) is -0.122. The fraction of sp³-hybridized carbons (Fsp3) is 0.158. The second kappa shape index (κ2) is 9.16. The van der Waals surface area contributed by atoms with E-state index < -0.39 is 33.9 Å². The van der Waals surface area contributed by atoms with Crippen molar-refractivity contribution in [3.8, 4) is 0 Å². The van der Waals surface area contributed by atoms with Crippen molar-refractivity contribution in [3.05, 3.63) is 64.6 Å². The molecule has 0 fully saturated rings. The summed E-state index contributed by atoms with van der Waals surface area (Å²) in [7, 11) is -10.7. The number of anilines is 1. The van der Waals surface area contributed by atoms with E-state index in [-0.39, 0.29) is 36.3 Å². The van der Waals surface area contributed by atoms with Crippen LogP contribution in [0.3, 0.4) is 0 Å². The van der Waals surface area contributed by atoms with E-state index in [1.165, 1.54) is 56.6 Å². The number of fused-ring (bicyclic) bond motifs is 1. The maximum atomic E-state index is 13.5. The van der Waals surface area contributed by atoms with Gasteiger partial charge in [0.25, 0.3) is 10.0 Å². The van der Waals surface area contributed by atoms with Crippen molar-refractivity contribution in [1.29, 1.82) is 0 Å². The van der Waals surface area contributed by atoms with Gasteiger partial charge in [0, 0.05) is 34.9 Å². The van der Waals surface area contributed by atoms with Gasteiger partial charge in [-0.3, -0.25) is 8.87 Å². The summed E-state index contributed by atoms with van der Waals surface area (Å²) in [4.78, 5) is 18.8. The number of hydrogen-bond acceptors (Lipinski definition) is 5. The second-order valence-electron chi connectivity index (χ2n) is 7.18. The first-order valence-electron chi connectivity index (χ1n) is 9.12. The minimum atomic E-state index is -4.91. The molecule has 0 bridgehead atoms. The van der Waals surface area contributed by atoms with Crippen LogP contribution < -0.4 is 4.31 Å². The van der Waals surface area contributed by atoms with E-state index >= 15 is 0 Å². The molecule has 33 heavy (non-hydrogen) atoms. The molecule has 3 aromatic carbocycles. The Morgan fingerprint density at radius 1 is 0.848 bits per heavy atom. The molecule has 0 aliphatic heterocycles. The van der Waals surface area contributed by atoms with Crippen LogP contribution in [0.2, 0.25) is 10.0 Å². The van der Waals surface area contributed by atoms with Crippen LogP contribution in [0, 0.1) is 0 Å². The first kappa shape index (κ1) is 25.9. The maximum Gasteiger partial charge on any atom is 0.345 e. The van der Waals surface area contributed by atoms with Crippen LogP contribution in [-0.4, -0.2) is 51.3 Å². The third-order valence-electron chi connectivity index (χ3n) is 4.62. The number of rotatable bonds is 7. The lowest BCUT2D eigenvalue weighted by atomic mass is 10.1. The van der Waals surface area contributed by atoms with Crippen LogP contribution in [0.25, 0.3) is 10.8 Å². The summed E-state index contributed by atoms with van der Waals surface area (Å²) >= 11 is 11.9. The minimum absolute atomic E-state index is 0.00878. The molecule has 2 N–H and O–H groups in total. The predicted molar refractivity (Wildman–Crippen MR) is 128 cm³/mol. The smallest absolute Gasteiger partial charge is 0.323 e. The van der Waals surface area contributed by atoms with Gasteiger partial charge in [0.15, 0.2) is 0 Å². The molecule has 0 aliphatic carbocycles. The monoisotopic (exact) mass is 552 g/mol. The summed E-state index contributed by atoms with van der Waals surface area (Å²) < 4.78 is 66.0. The summed E-state index contributed by atoms with van der Waals surface area (Å²) in [6.45, 7) is 0. The maximum absolute atomic E-state index is 13.5. The van der Waals surface area contributed by atoms with Crippen LogP contribution in [0.15, 0.2) is 64.4 Å². The molecule has 0 amide bonds. The molecule has 0 heterocycles. The summed E-state index contributed by atoms with van der Waals surface area (Å²) in [5, 5.41) is 0.355. The third kappa shape index (κ3) is 5.36. The van der Waals surface area contributed by atoms with E-state index in [9.17, 15) is 31.2 Å². The standard InChI is InChI=1S/C19H19Cl2N2O7PS2/c1-22(2)33(29,30)19-8-4-5-16-17(19)6-3-7-18(16)23(12-31(24,25)26)32(27,28)15-10-13(20)9-14(21)11-15/h3-11H,12H2,1-2H3,(H2,24,25,26). The highest BCUT2D eigenvalue weighted by molar-refractivity contribution is 7.93. The fourth-order valence-electron chi connectivity index (χ4n) is 3.16. The van der Waals surface area contributed by atoms with Gasteiger partial charge in [-0.15, -0.1) is 0 Å². The van der Waals surface area contributed by atoms with Gasteiger partial charge in [-0.2, -0.15) is 0 Å². The fourth-order valence-corrected chi connectivity index (χ4v) is 7.68. The molecule has 0 unspecified atom stereocenters. The molecule has 3 aromatic rings. The van der Waals surface area contributed by atoms with Crippen LogP contribution in [0.4, 0.5) is 5.69 Å². The normalized spacial score (nSPS) is 12.9. The highest BCUT2D eigenvalue weighted by Crippen LogP contribution is 2.42. The lowest BCUT2D eigenvalue weighted by molar-refractivity contribution is 0.373. The van der Waals surface area contributed by atoms with Gasteiger partial charge in [-0.25, -0.2) is 21.1 Å². The van der Waals surface area contributed by atoms with Crippen molar-refractivity contribution in [3.63, 3.8) is 0 Å². The average molecular weight is 553 g/mol. The number of hydrogen-bond donors (Lipinski definition) is 2. The third-order valence-corrected chi connectivity index (χ3v) is 9.51. The highest BCUT2D eigenvalue weighted by Gasteiger charge is 2.33. The van der Waals surface area contributed by atoms with Gasteiger partial charge in [-0.05, 0) is 30.3 Å². The van der Waals surface area contributed by atoms with Crippen LogP contribution in [-0.2, 0) is 24.6 Å². The van der Waals surface area contributed by atoms with Gasteiger partial charge in [0.1, 0.15) is 6.29 Å². The molecule has 178 valence electrons. The van der Waals surface area contributed by atoms with Crippen molar-refractivity contribution in [1.82, 2.24) is 4.31 Å². The van der Waals surface area contributed by atoms with E-state index in [1.807, 2.05) is 0 Å². The van der Waals surface area contributed by atoms with E-state index in [0.717, 1.165) is 16.4 Å². The molecule has 0 aliphatic rings. The Balaban J connectivity index is 2.35. The molecule has 0 radical (unpaired) electrons. The topological polar surface area (TPSA) is 132 Å². The van der Waals surface area contributed by atoms with Crippen molar-refractivity contribution in [2.75, 3.05) is 24.7 Å². The van der Waals surface area contributed by atoms with Crippen LogP contribution in [0.1, 0.15) is 0 Å². The molecular formula is C19H19Cl2N2O7PS2. The number of halogens is 2. The first-order valence-corrected chi connectivity index (χ1v) is 14.6. The quantitative estimate of drug-likeness (QED) is 0.426. The number of sulfonamides is 2. The molecule has 3 rings (SSSR count). The number of nitrogens with zero attached hydrogens (tertiary/aromatic N) is 2. The van der Waals surface area contributed by atoms with Crippen molar-refractivity contribution >= 4 is 67.3 Å². The van der Waals surface area contributed by atoms with Gasteiger partial charge in [-0.1, -0.05) is 47.5 Å². The van der Waals surface area contributed by atoms with Gasteiger partial charge < -0.3 is 9.79 Å². The van der Waals surface area contributed by atoms with E-state index in [4.69, 9.17) is 23.2 Å². The lowest BCUT2D eigenvalue weighted by Gasteiger charge is -2.26. The Morgan fingerprint density at radius 2 is 1.39 bits per heavy atom. The van der Waals surface area contributed by atoms with E-state index in [2.05, 4.69) is 0 Å².